The van der Waals surface area contributed by atoms with E-state index in [1.165, 1.54) is 17.0 Å². The molecule has 9 heteroatoms. The largest absolute Gasteiger partial charge is 0.369 e. The number of nitrogens with one attached hydrogen (secondary N) is 2. The Morgan fingerprint density at radius 1 is 1.14 bits per heavy atom. The maximum atomic E-state index is 13.5. The fraction of sp³-hybridized carbons (Fsp3) is 0.231. The first-order valence-electron chi connectivity index (χ1n) is 11.0. The van der Waals surface area contributed by atoms with Crippen molar-refractivity contribution in [2.75, 3.05) is 32.5 Å². The summed E-state index contributed by atoms with van der Waals surface area (Å²) >= 11 is 0. The van der Waals surface area contributed by atoms with Crippen molar-refractivity contribution in [3.05, 3.63) is 83.2 Å². The van der Waals surface area contributed by atoms with Crippen LogP contribution in [0.3, 0.4) is 0 Å². The Bertz CT molecular complexity index is 1250. The van der Waals surface area contributed by atoms with Crippen LogP contribution in [-0.2, 0) is 11.2 Å². The summed E-state index contributed by atoms with van der Waals surface area (Å²) in [5.74, 6) is -0.774. The minimum absolute atomic E-state index is 0.0441. The Balaban J connectivity index is 1.84. The SMILES string of the molecule is CN(C)C(=O)[C@@H](N)CNC(=O)c1ccc(-c2ccccc2C#N)nc1NCCc1cccc(F)c1. The number of carbonyl (C=O) groups excluding carboxylic acids is 2. The van der Waals surface area contributed by atoms with Crippen molar-refractivity contribution < 1.29 is 14.0 Å². The first kappa shape index (κ1) is 25.3. The average Bonchev–Trinajstić information content (AvgIpc) is 2.86. The highest BCUT2D eigenvalue weighted by molar-refractivity contribution is 5.99. The topological polar surface area (TPSA) is 124 Å². The van der Waals surface area contributed by atoms with Crippen molar-refractivity contribution in [3.8, 4) is 17.3 Å². The van der Waals surface area contributed by atoms with Gasteiger partial charge in [0.05, 0.1) is 22.9 Å². The summed E-state index contributed by atoms with van der Waals surface area (Å²) in [6.07, 6.45) is 0.502. The molecule has 1 heterocycles. The standard InChI is InChI=1S/C26H27FN6O2/c1-33(2)26(35)22(29)16-31-25(34)21-10-11-23(20-9-4-3-7-18(20)15-28)32-24(21)30-13-12-17-6-5-8-19(27)14-17/h3-11,14,22H,12-13,16,29H2,1-2H3,(H,30,32)(H,31,34)/t22-/m0/s1. The number of aromatic nitrogens is 1. The molecule has 180 valence electrons. The van der Waals surface area contributed by atoms with Gasteiger partial charge in [-0.3, -0.25) is 9.59 Å². The van der Waals surface area contributed by atoms with Crippen molar-refractivity contribution >= 4 is 17.6 Å². The fourth-order valence-corrected chi connectivity index (χ4v) is 3.47. The second-order valence-electron chi connectivity index (χ2n) is 8.11. The molecule has 4 N–H and O–H groups in total. The molecule has 0 spiro atoms. The predicted octanol–water partition coefficient (Wildman–Crippen LogP) is 2.56. The number of halogens is 1. The van der Waals surface area contributed by atoms with Gasteiger partial charge in [0.2, 0.25) is 5.91 Å². The maximum absolute atomic E-state index is 13.5. The van der Waals surface area contributed by atoms with Crippen LogP contribution in [0, 0.1) is 17.1 Å². The van der Waals surface area contributed by atoms with Crippen LogP contribution in [0.5, 0.6) is 0 Å². The van der Waals surface area contributed by atoms with Crippen molar-refractivity contribution in [3.63, 3.8) is 0 Å². The number of hydrogen-bond acceptors (Lipinski definition) is 6. The van der Waals surface area contributed by atoms with Gasteiger partial charge in [-0.2, -0.15) is 5.26 Å². The molecular formula is C26H27FN6O2. The van der Waals surface area contributed by atoms with Gasteiger partial charge in [-0.1, -0.05) is 30.3 Å². The Morgan fingerprint density at radius 2 is 1.91 bits per heavy atom. The Kier molecular flexibility index (Phi) is 8.48. The molecule has 0 unspecified atom stereocenters. The van der Waals surface area contributed by atoms with Gasteiger partial charge in [-0.25, -0.2) is 9.37 Å². The number of amides is 2. The molecule has 0 fully saturated rings. The molecule has 0 bridgehead atoms. The third-order valence-corrected chi connectivity index (χ3v) is 5.30. The quantitative estimate of drug-likeness (QED) is 0.438. The van der Waals surface area contributed by atoms with E-state index in [0.29, 0.717) is 35.6 Å². The van der Waals surface area contributed by atoms with Gasteiger partial charge in [0, 0.05) is 32.7 Å². The van der Waals surface area contributed by atoms with Gasteiger partial charge in [-0.05, 0) is 42.3 Å². The molecule has 1 atom stereocenters. The number of carbonyl (C=O) groups is 2. The van der Waals surface area contributed by atoms with Gasteiger partial charge in [-0.15, -0.1) is 0 Å². The Morgan fingerprint density at radius 3 is 2.63 bits per heavy atom. The van der Waals surface area contributed by atoms with E-state index in [0.717, 1.165) is 5.56 Å². The average molecular weight is 475 g/mol. The van der Waals surface area contributed by atoms with Crippen molar-refractivity contribution in [2.24, 2.45) is 5.73 Å². The van der Waals surface area contributed by atoms with Gasteiger partial charge < -0.3 is 21.3 Å². The molecule has 3 aromatic rings. The number of anilines is 1. The van der Waals surface area contributed by atoms with E-state index in [2.05, 4.69) is 21.7 Å². The molecule has 0 aliphatic rings. The van der Waals surface area contributed by atoms with Crippen LogP contribution in [0.25, 0.3) is 11.3 Å². The number of hydrogen-bond donors (Lipinski definition) is 3. The molecule has 0 aliphatic carbocycles. The van der Waals surface area contributed by atoms with E-state index in [1.807, 2.05) is 6.07 Å². The maximum Gasteiger partial charge on any atom is 0.255 e. The van der Waals surface area contributed by atoms with Crippen LogP contribution < -0.4 is 16.4 Å². The summed E-state index contributed by atoms with van der Waals surface area (Å²) < 4.78 is 13.5. The zero-order valence-electron chi connectivity index (χ0n) is 19.6. The fourth-order valence-electron chi connectivity index (χ4n) is 3.47. The van der Waals surface area contributed by atoms with Crippen LogP contribution in [-0.4, -0.2) is 54.9 Å². The molecule has 35 heavy (non-hydrogen) atoms. The summed E-state index contributed by atoms with van der Waals surface area (Å²) in [5, 5.41) is 15.3. The summed E-state index contributed by atoms with van der Waals surface area (Å²) in [6.45, 7) is 0.344. The first-order chi connectivity index (χ1) is 16.8. The smallest absolute Gasteiger partial charge is 0.255 e. The van der Waals surface area contributed by atoms with Crippen molar-refractivity contribution in [1.29, 1.82) is 5.26 Å². The molecule has 0 saturated heterocycles. The van der Waals surface area contributed by atoms with E-state index >= 15 is 0 Å². The molecule has 0 saturated carbocycles. The van der Waals surface area contributed by atoms with E-state index in [-0.39, 0.29) is 23.8 Å². The lowest BCUT2D eigenvalue weighted by Gasteiger charge is -2.18. The summed E-state index contributed by atoms with van der Waals surface area (Å²) in [6, 6.07) is 17.9. The van der Waals surface area contributed by atoms with Crippen LogP contribution in [0.2, 0.25) is 0 Å². The van der Waals surface area contributed by atoms with Crippen LogP contribution in [0.1, 0.15) is 21.5 Å². The van der Waals surface area contributed by atoms with E-state index < -0.39 is 11.9 Å². The number of nitrogens with two attached hydrogens (primary N) is 1. The third kappa shape index (κ3) is 6.62. The zero-order valence-corrected chi connectivity index (χ0v) is 19.6. The lowest BCUT2D eigenvalue weighted by atomic mass is 10.0. The summed E-state index contributed by atoms with van der Waals surface area (Å²) in [7, 11) is 3.18. The highest BCUT2D eigenvalue weighted by Crippen LogP contribution is 2.25. The van der Waals surface area contributed by atoms with Crippen LogP contribution in [0.15, 0.2) is 60.7 Å². The van der Waals surface area contributed by atoms with Crippen LogP contribution >= 0.6 is 0 Å². The van der Waals surface area contributed by atoms with Crippen molar-refractivity contribution in [2.45, 2.75) is 12.5 Å². The minimum Gasteiger partial charge on any atom is -0.369 e. The summed E-state index contributed by atoms with van der Waals surface area (Å²) in [5.41, 5.74) is 8.53. The molecule has 0 aliphatic heterocycles. The molecule has 8 nitrogen and oxygen atoms in total. The van der Waals surface area contributed by atoms with Gasteiger partial charge in [0.1, 0.15) is 17.7 Å². The number of benzene rings is 2. The molecule has 2 aromatic carbocycles. The molecule has 0 radical (unpaired) electrons. The number of pyridine rings is 1. The zero-order chi connectivity index (χ0) is 25.4. The van der Waals surface area contributed by atoms with Gasteiger partial charge in [0.25, 0.3) is 5.91 Å². The van der Waals surface area contributed by atoms with Crippen molar-refractivity contribution in [1.82, 2.24) is 15.2 Å². The van der Waals surface area contributed by atoms with E-state index in [9.17, 15) is 19.2 Å². The molecular weight excluding hydrogens is 447 g/mol. The summed E-state index contributed by atoms with van der Waals surface area (Å²) in [4.78, 5) is 30.9. The van der Waals surface area contributed by atoms with E-state index in [1.54, 1.807) is 56.6 Å². The lowest BCUT2D eigenvalue weighted by molar-refractivity contribution is -0.129. The molecule has 2 amide bonds. The monoisotopic (exact) mass is 474 g/mol. The van der Waals surface area contributed by atoms with E-state index in [4.69, 9.17) is 5.73 Å². The van der Waals surface area contributed by atoms with Gasteiger partial charge in [0.15, 0.2) is 0 Å². The highest BCUT2D eigenvalue weighted by Gasteiger charge is 2.19. The van der Waals surface area contributed by atoms with Crippen LogP contribution in [0.4, 0.5) is 10.2 Å². The number of likely N-dealkylation sites (N-methyl/N-ethyl adjacent to an activating group) is 1. The Labute approximate surface area is 203 Å². The highest BCUT2D eigenvalue weighted by atomic mass is 19.1. The molecule has 3 rings (SSSR count). The molecule has 1 aromatic heterocycles. The Hall–Kier alpha value is -4.29. The predicted molar refractivity (Wildman–Crippen MR) is 132 cm³/mol. The minimum atomic E-state index is -0.881. The lowest BCUT2D eigenvalue weighted by Crippen LogP contribution is -2.47. The second kappa shape index (κ2) is 11.7. The van der Waals surface area contributed by atoms with Gasteiger partial charge >= 0.3 is 0 Å². The number of nitrogens with zero attached hydrogens (tertiary/aromatic N) is 3. The first-order valence-corrected chi connectivity index (χ1v) is 11.0. The number of nitriles is 1. The second-order valence-corrected chi connectivity index (χ2v) is 8.11. The normalized spacial score (nSPS) is 11.3. The number of rotatable bonds is 9. The third-order valence-electron chi connectivity index (χ3n) is 5.30.